The Balaban J connectivity index is 2.90. The van der Waals surface area contributed by atoms with Gasteiger partial charge in [0.1, 0.15) is 5.82 Å². The Bertz CT molecular complexity index is 241. The SMILES string of the molecule is [CH2]c1ccc(CCC)c(F)c1. The fourth-order valence-electron chi connectivity index (χ4n) is 1.06. The van der Waals surface area contributed by atoms with Gasteiger partial charge in [0.15, 0.2) is 0 Å². The van der Waals surface area contributed by atoms with Crippen LogP contribution in [0.15, 0.2) is 18.2 Å². The van der Waals surface area contributed by atoms with Gasteiger partial charge in [-0.15, -0.1) is 0 Å². The Hall–Kier alpha value is -0.850. The molecule has 1 heteroatoms. The molecule has 0 spiro atoms. The van der Waals surface area contributed by atoms with Gasteiger partial charge in [-0.1, -0.05) is 25.5 Å². The van der Waals surface area contributed by atoms with Crippen LogP contribution in [0.25, 0.3) is 0 Å². The Kier molecular flexibility index (Phi) is 2.64. The predicted octanol–water partition coefficient (Wildman–Crippen LogP) is 2.96. The van der Waals surface area contributed by atoms with Gasteiger partial charge in [0.25, 0.3) is 0 Å². The number of halogens is 1. The first-order valence-corrected chi connectivity index (χ1v) is 3.84. The van der Waals surface area contributed by atoms with E-state index in [1.807, 2.05) is 13.0 Å². The minimum absolute atomic E-state index is 0.126. The third-order valence-corrected chi connectivity index (χ3v) is 1.64. The van der Waals surface area contributed by atoms with Crippen LogP contribution in [-0.2, 0) is 6.42 Å². The topological polar surface area (TPSA) is 0 Å². The van der Waals surface area contributed by atoms with Gasteiger partial charge in [0.05, 0.1) is 0 Å². The molecule has 0 aliphatic carbocycles. The number of hydrogen-bond acceptors (Lipinski definition) is 0. The van der Waals surface area contributed by atoms with Gasteiger partial charge in [-0.3, -0.25) is 0 Å². The maximum absolute atomic E-state index is 13.0. The maximum Gasteiger partial charge on any atom is 0.126 e. The molecule has 0 nitrogen and oxygen atoms in total. The summed E-state index contributed by atoms with van der Waals surface area (Å²) in [5.41, 5.74) is 1.53. The fraction of sp³-hybridized carbons (Fsp3) is 0.300. The van der Waals surface area contributed by atoms with Crippen molar-refractivity contribution in [3.05, 3.63) is 42.1 Å². The first-order chi connectivity index (χ1) is 5.24. The largest absolute Gasteiger partial charge is 0.207 e. The van der Waals surface area contributed by atoms with Crippen LogP contribution in [0.5, 0.6) is 0 Å². The highest BCUT2D eigenvalue weighted by Crippen LogP contribution is 2.11. The van der Waals surface area contributed by atoms with Crippen molar-refractivity contribution in [2.45, 2.75) is 19.8 Å². The Labute approximate surface area is 67.1 Å². The summed E-state index contributed by atoms with van der Waals surface area (Å²) in [5.74, 6) is -0.126. The molecule has 0 saturated heterocycles. The van der Waals surface area contributed by atoms with Gasteiger partial charge < -0.3 is 0 Å². The van der Waals surface area contributed by atoms with E-state index in [1.165, 1.54) is 6.07 Å². The molecule has 1 radical (unpaired) electrons. The van der Waals surface area contributed by atoms with E-state index in [0.717, 1.165) is 24.0 Å². The average Bonchev–Trinajstić information content (AvgIpc) is 1.95. The van der Waals surface area contributed by atoms with E-state index in [2.05, 4.69) is 6.92 Å². The monoisotopic (exact) mass is 151 g/mol. The van der Waals surface area contributed by atoms with E-state index in [-0.39, 0.29) is 5.82 Å². The summed E-state index contributed by atoms with van der Waals surface area (Å²) < 4.78 is 13.0. The number of hydrogen-bond donors (Lipinski definition) is 0. The van der Waals surface area contributed by atoms with Gasteiger partial charge >= 0.3 is 0 Å². The minimum Gasteiger partial charge on any atom is -0.207 e. The maximum atomic E-state index is 13.0. The lowest BCUT2D eigenvalue weighted by molar-refractivity contribution is 0.607. The van der Waals surface area contributed by atoms with Crippen molar-refractivity contribution in [1.82, 2.24) is 0 Å². The van der Waals surface area contributed by atoms with Crippen molar-refractivity contribution in [2.75, 3.05) is 0 Å². The van der Waals surface area contributed by atoms with Crippen LogP contribution < -0.4 is 0 Å². The summed E-state index contributed by atoms with van der Waals surface area (Å²) in [5, 5.41) is 0. The van der Waals surface area contributed by atoms with E-state index in [1.54, 1.807) is 6.07 Å². The summed E-state index contributed by atoms with van der Waals surface area (Å²) in [7, 11) is 0. The van der Waals surface area contributed by atoms with Crippen LogP contribution in [0.1, 0.15) is 24.5 Å². The highest BCUT2D eigenvalue weighted by molar-refractivity contribution is 5.25. The van der Waals surface area contributed by atoms with E-state index >= 15 is 0 Å². The summed E-state index contributed by atoms with van der Waals surface area (Å²) in [6.07, 6.45) is 1.79. The number of aryl methyl sites for hydroxylation is 1. The van der Waals surface area contributed by atoms with E-state index in [9.17, 15) is 4.39 Å². The third-order valence-electron chi connectivity index (χ3n) is 1.64. The molecule has 0 aromatic heterocycles. The molecule has 0 amide bonds. The van der Waals surface area contributed by atoms with Gasteiger partial charge in [-0.2, -0.15) is 0 Å². The summed E-state index contributed by atoms with van der Waals surface area (Å²) >= 11 is 0. The van der Waals surface area contributed by atoms with Gasteiger partial charge in [-0.25, -0.2) is 4.39 Å². The molecule has 59 valence electrons. The second kappa shape index (κ2) is 3.51. The molecule has 1 aromatic carbocycles. The van der Waals surface area contributed by atoms with Crippen molar-refractivity contribution < 1.29 is 4.39 Å². The minimum atomic E-state index is -0.126. The molecule has 0 heterocycles. The average molecular weight is 151 g/mol. The smallest absolute Gasteiger partial charge is 0.126 e. The van der Waals surface area contributed by atoms with Crippen molar-refractivity contribution in [3.63, 3.8) is 0 Å². The quantitative estimate of drug-likeness (QED) is 0.609. The highest BCUT2D eigenvalue weighted by Gasteiger charge is 1.99. The Morgan fingerprint density at radius 1 is 1.45 bits per heavy atom. The van der Waals surface area contributed by atoms with Gasteiger partial charge in [-0.05, 0) is 30.5 Å². The lowest BCUT2D eigenvalue weighted by Crippen LogP contribution is -1.89. The first-order valence-electron chi connectivity index (χ1n) is 3.84. The fourth-order valence-corrected chi connectivity index (χ4v) is 1.06. The van der Waals surface area contributed by atoms with Crippen LogP contribution in [0.3, 0.4) is 0 Å². The van der Waals surface area contributed by atoms with Crippen molar-refractivity contribution >= 4 is 0 Å². The lowest BCUT2D eigenvalue weighted by atomic mass is 10.1. The van der Waals surface area contributed by atoms with Crippen LogP contribution in [0, 0.1) is 12.7 Å². The molecular weight excluding hydrogens is 139 g/mol. The normalized spacial score (nSPS) is 10.1. The number of benzene rings is 1. The Morgan fingerprint density at radius 3 is 2.73 bits per heavy atom. The van der Waals surface area contributed by atoms with E-state index in [0.29, 0.717) is 0 Å². The zero-order chi connectivity index (χ0) is 8.27. The Morgan fingerprint density at radius 2 is 2.18 bits per heavy atom. The molecule has 0 fully saturated rings. The highest BCUT2D eigenvalue weighted by atomic mass is 19.1. The van der Waals surface area contributed by atoms with Crippen LogP contribution >= 0.6 is 0 Å². The standard InChI is InChI=1S/C10H12F/c1-3-4-9-6-5-8(2)7-10(9)11/h5-7H,2-4H2,1H3. The molecule has 0 unspecified atom stereocenters. The van der Waals surface area contributed by atoms with Gasteiger partial charge in [0.2, 0.25) is 0 Å². The summed E-state index contributed by atoms with van der Waals surface area (Å²) in [6.45, 7) is 5.68. The summed E-state index contributed by atoms with van der Waals surface area (Å²) in [6, 6.07) is 5.13. The lowest BCUT2D eigenvalue weighted by Gasteiger charge is -2.00. The summed E-state index contributed by atoms with van der Waals surface area (Å²) in [4.78, 5) is 0. The van der Waals surface area contributed by atoms with E-state index < -0.39 is 0 Å². The van der Waals surface area contributed by atoms with Crippen molar-refractivity contribution in [2.24, 2.45) is 0 Å². The zero-order valence-corrected chi connectivity index (χ0v) is 6.73. The van der Waals surface area contributed by atoms with Gasteiger partial charge in [0, 0.05) is 0 Å². The van der Waals surface area contributed by atoms with Crippen molar-refractivity contribution in [3.8, 4) is 0 Å². The second-order valence-electron chi connectivity index (χ2n) is 2.68. The molecule has 0 atom stereocenters. The molecule has 0 aliphatic heterocycles. The zero-order valence-electron chi connectivity index (χ0n) is 6.73. The number of rotatable bonds is 2. The third kappa shape index (κ3) is 2.04. The molecule has 0 aliphatic rings. The molecule has 11 heavy (non-hydrogen) atoms. The first kappa shape index (κ1) is 8.25. The van der Waals surface area contributed by atoms with Crippen LogP contribution in [-0.4, -0.2) is 0 Å². The van der Waals surface area contributed by atoms with Crippen LogP contribution in [0.2, 0.25) is 0 Å². The molecule has 0 N–H and O–H groups in total. The molecule has 0 bridgehead atoms. The predicted molar refractivity (Wildman–Crippen MR) is 44.9 cm³/mol. The second-order valence-corrected chi connectivity index (χ2v) is 2.68. The molecular formula is C10H12F. The molecule has 0 saturated carbocycles. The van der Waals surface area contributed by atoms with Crippen molar-refractivity contribution in [1.29, 1.82) is 0 Å². The molecule has 1 rings (SSSR count). The van der Waals surface area contributed by atoms with Crippen LogP contribution in [0.4, 0.5) is 4.39 Å². The molecule has 1 aromatic rings. The van der Waals surface area contributed by atoms with E-state index in [4.69, 9.17) is 0 Å².